The third-order valence-electron chi connectivity index (χ3n) is 4.30. The number of halogens is 1. The topological polar surface area (TPSA) is 38.3 Å². The Morgan fingerprint density at radius 2 is 2.30 bits per heavy atom. The average molecular weight is 394 g/mol. The van der Waals surface area contributed by atoms with E-state index in [1.54, 1.807) is 18.4 Å². The van der Waals surface area contributed by atoms with E-state index in [4.69, 9.17) is 4.74 Å². The fraction of sp³-hybridized carbons (Fsp3) is 0.389. The molecule has 3 nitrogen and oxygen atoms in total. The SMILES string of the molecule is COc1ccc2c(c1)CCCC2CC(=O)NCc1cc(Br)cs1. The molecule has 1 aliphatic rings. The highest BCUT2D eigenvalue weighted by Gasteiger charge is 2.23. The van der Waals surface area contributed by atoms with Gasteiger partial charge < -0.3 is 10.1 Å². The summed E-state index contributed by atoms with van der Waals surface area (Å²) < 4.78 is 6.38. The molecule has 5 heteroatoms. The van der Waals surface area contributed by atoms with Crippen molar-refractivity contribution >= 4 is 33.2 Å². The normalized spacial score (nSPS) is 16.7. The van der Waals surface area contributed by atoms with Crippen molar-refractivity contribution in [2.24, 2.45) is 0 Å². The molecule has 1 unspecified atom stereocenters. The second-order valence-corrected chi connectivity index (χ2v) is 7.78. The fourth-order valence-electron chi connectivity index (χ4n) is 3.16. The highest BCUT2D eigenvalue weighted by Crippen LogP contribution is 2.35. The van der Waals surface area contributed by atoms with Crippen LogP contribution in [0.3, 0.4) is 0 Å². The van der Waals surface area contributed by atoms with Crippen molar-refractivity contribution in [2.75, 3.05) is 7.11 Å². The molecule has 1 N–H and O–H groups in total. The van der Waals surface area contributed by atoms with Gasteiger partial charge in [-0.25, -0.2) is 0 Å². The number of rotatable bonds is 5. The van der Waals surface area contributed by atoms with Gasteiger partial charge in [0.15, 0.2) is 0 Å². The molecule has 0 saturated heterocycles. The second-order valence-electron chi connectivity index (χ2n) is 5.87. The van der Waals surface area contributed by atoms with Crippen molar-refractivity contribution in [3.05, 3.63) is 50.1 Å². The summed E-state index contributed by atoms with van der Waals surface area (Å²) in [6.45, 7) is 0.608. The highest BCUT2D eigenvalue weighted by atomic mass is 79.9. The summed E-state index contributed by atoms with van der Waals surface area (Å²) in [4.78, 5) is 13.4. The first-order chi connectivity index (χ1) is 11.2. The zero-order valence-corrected chi connectivity index (χ0v) is 15.5. The Labute approximate surface area is 149 Å². The lowest BCUT2D eigenvalue weighted by Crippen LogP contribution is -2.25. The Morgan fingerprint density at radius 3 is 3.04 bits per heavy atom. The third-order valence-corrected chi connectivity index (χ3v) is 6.00. The molecule has 0 saturated carbocycles. The Hall–Kier alpha value is -1.33. The minimum atomic E-state index is 0.128. The van der Waals surface area contributed by atoms with Gasteiger partial charge in [-0.3, -0.25) is 4.79 Å². The molecule has 122 valence electrons. The van der Waals surface area contributed by atoms with Crippen molar-refractivity contribution in [2.45, 2.75) is 38.1 Å². The van der Waals surface area contributed by atoms with Gasteiger partial charge in [-0.2, -0.15) is 0 Å². The monoisotopic (exact) mass is 393 g/mol. The summed E-state index contributed by atoms with van der Waals surface area (Å²) in [5.41, 5.74) is 2.64. The van der Waals surface area contributed by atoms with Gasteiger partial charge in [-0.15, -0.1) is 11.3 Å². The predicted octanol–water partition coefficient (Wildman–Crippen LogP) is 4.65. The van der Waals surface area contributed by atoms with E-state index in [1.165, 1.54) is 16.0 Å². The summed E-state index contributed by atoms with van der Waals surface area (Å²) in [5.74, 6) is 1.35. The lowest BCUT2D eigenvalue weighted by atomic mass is 9.81. The smallest absolute Gasteiger partial charge is 0.220 e. The zero-order chi connectivity index (χ0) is 16.2. The molecule has 1 aliphatic carbocycles. The molecule has 1 aromatic heterocycles. The van der Waals surface area contributed by atoms with E-state index in [-0.39, 0.29) is 5.91 Å². The summed E-state index contributed by atoms with van der Waals surface area (Å²) in [7, 11) is 1.69. The van der Waals surface area contributed by atoms with Crippen molar-refractivity contribution < 1.29 is 9.53 Å². The van der Waals surface area contributed by atoms with E-state index in [1.807, 2.05) is 17.5 Å². The van der Waals surface area contributed by atoms with Crippen LogP contribution in [0.25, 0.3) is 0 Å². The Balaban J connectivity index is 1.61. The first-order valence-electron chi connectivity index (χ1n) is 7.82. The Kier molecular flexibility index (Phi) is 5.38. The lowest BCUT2D eigenvalue weighted by molar-refractivity contribution is -0.121. The van der Waals surface area contributed by atoms with Crippen molar-refractivity contribution in [1.29, 1.82) is 0 Å². The molecular weight excluding hydrogens is 374 g/mol. The lowest BCUT2D eigenvalue weighted by Gasteiger charge is -2.25. The van der Waals surface area contributed by atoms with Crippen LogP contribution in [-0.4, -0.2) is 13.0 Å². The van der Waals surface area contributed by atoms with Crippen LogP contribution in [0.5, 0.6) is 5.75 Å². The van der Waals surface area contributed by atoms with E-state index in [0.717, 1.165) is 29.5 Å². The van der Waals surface area contributed by atoms with Crippen LogP contribution in [0.2, 0.25) is 0 Å². The number of amides is 1. The molecular formula is C18H20BrNO2S. The number of carbonyl (C=O) groups excluding carboxylic acids is 1. The molecule has 1 atom stereocenters. The standard InChI is InChI=1S/C18H20BrNO2S/c1-22-15-5-6-17-12(7-15)3-2-4-13(17)8-18(21)20-10-16-9-14(19)11-23-16/h5-7,9,11,13H,2-4,8,10H2,1H3,(H,20,21). The fourth-order valence-corrected chi connectivity index (χ4v) is 4.55. The number of fused-ring (bicyclic) bond motifs is 1. The van der Waals surface area contributed by atoms with E-state index >= 15 is 0 Å². The Morgan fingerprint density at radius 1 is 1.43 bits per heavy atom. The van der Waals surface area contributed by atoms with Gasteiger partial charge in [0.25, 0.3) is 0 Å². The van der Waals surface area contributed by atoms with E-state index < -0.39 is 0 Å². The van der Waals surface area contributed by atoms with Gasteiger partial charge in [-0.1, -0.05) is 6.07 Å². The molecule has 0 radical (unpaired) electrons. The van der Waals surface area contributed by atoms with Gasteiger partial charge in [0.2, 0.25) is 5.91 Å². The number of hydrogen-bond acceptors (Lipinski definition) is 3. The van der Waals surface area contributed by atoms with Crippen LogP contribution in [0.1, 0.15) is 41.2 Å². The van der Waals surface area contributed by atoms with Crippen LogP contribution < -0.4 is 10.1 Å². The molecule has 0 spiro atoms. The molecule has 0 aliphatic heterocycles. The number of nitrogens with one attached hydrogen (secondary N) is 1. The molecule has 1 amide bonds. The Bertz CT molecular complexity index is 698. The number of aryl methyl sites for hydroxylation is 1. The number of benzene rings is 1. The number of methoxy groups -OCH3 is 1. The first-order valence-corrected chi connectivity index (χ1v) is 9.49. The maximum absolute atomic E-state index is 12.3. The molecule has 1 aromatic carbocycles. The van der Waals surface area contributed by atoms with E-state index in [2.05, 4.69) is 33.4 Å². The van der Waals surface area contributed by atoms with Crippen LogP contribution >= 0.6 is 27.3 Å². The van der Waals surface area contributed by atoms with Crippen molar-refractivity contribution in [3.8, 4) is 5.75 Å². The largest absolute Gasteiger partial charge is 0.497 e. The maximum Gasteiger partial charge on any atom is 0.220 e. The predicted molar refractivity (Wildman–Crippen MR) is 97.2 cm³/mol. The summed E-state index contributed by atoms with van der Waals surface area (Å²) >= 11 is 5.09. The van der Waals surface area contributed by atoms with E-state index in [0.29, 0.717) is 18.9 Å². The minimum Gasteiger partial charge on any atom is -0.497 e. The number of carbonyl (C=O) groups is 1. The van der Waals surface area contributed by atoms with E-state index in [9.17, 15) is 4.79 Å². The molecule has 23 heavy (non-hydrogen) atoms. The molecule has 0 bridgehead atoms. The zero-order valence-electron chi connectivity index (χ0n) is 13.1. The van der Waals surface area contributed by atoms with Crippen molar-refractivity contribution in [1.82, 2.24) is 5.32 Å². The quantitative estimate of drug-likeness (QED) is 0.802. The van der Waals surface area contributed by atoms with Gasteiger partial charge in [0.05, 0.1) is 13.7 Å². The van der Waals surface area contributed by atoms with Gasteiger partial charge >= 0.3 is 0 Å². The number of ether oxygens (including phenoxy) is 1. The summed E-state index contributed by atoms with van der Waals surface area (Å²) in [6, 6.07) is 8.29. The average Bonchev–Trinajstić information content (AvgIpc) is 2.98. The van der Waals surface area contributed by atoms with Gasteiger partial charge in [-0.05, 0) is 70.4 Å². The maximum atomic E-state index is 12.3. The van der Waals surface area contributed by atoms with Crippen LogP contribution in [0, 0.1) is 0 Å². The van der Waals surface area contributed by atoms with Crippen molar-refractivity contribution in [3.63, 3.8) is 0 Å². The highest BCUT2D eigenvalue weighted by molar-refractivity contribution is 9.10. The molecule has 1 heterocycles. The van der Waals surface area contributed by atoms with Crippen LogP contribution in [0.4, 0.5) is 0 Å². The summed E-state index contributed by atoms with van der Waals surface area (Å²) in [6.07, 6.45) is 3.85. The minimum absolute atomic E-state index is 0.128. The van der Waals surface area contributed by atoms with Gasteiger partial charge in [0.1, 0.15) is 5.75 Å². The molecule has 0 fully saturated rings. The van der Waals surface area contributed by atoms with Gasteiger partial charge in [0, 0.05) is 21.2 Å². The number of hydrogen-bond donors (Lipinski definition) is 1. The third kappa shape index (κ3) is 4.15. The van der Waals surface area contributed by atoms with Crippen LogP contribution in [0.15, 0.2) is 34.1 Å². The molecule has 2 aromatic rings. The number of thiophene rings is 1. The molecule has 3 rings (SSSR count). The first kappa shape index (κ1) is 16.5. The van der Waals surface area contributed by atoms with Crippen LogP contribution in [-0.2, 0) is 17.8 Å². The second kappa shape index (κ2) is 7.49. The summed E-state index contributed by atoms with van der Waals surface area (Å²) in [5, 5.41) is 5.07.